The van der Waals surface area contributed by atoms with Gasteiger partial charge in [0.2, 0.25) is 21.7 Å². The number of nitrogens with zero attached hydrogens (tertiary/aromatic N) is 1. The molecule has 2 atom stereocenters. The van der Waals surface area contributed by atoms with E-state index >= 15 is 0 Å². The molecule has 0 fully saturated rings. The third-order valence-electron chi connectivity index (χ3n) is 7.82. The number of benzene rings is 4. The number of nitrogens with one attached hydrogen (secondary N) is 2. The first-order chi connectivity index (χ1) is 21.7. The number of hydrogen-bond acceptors (Lipinski definition) is 7. The average molecular weight is 629 g/mol. The second-order valence-electron chi connectivity index (χ2n) is 11.0. The van der Waals surface area contributed by atoms with Crippen LogP contribution in [0.2, 0.25) is 0 Å². The van der Waals surface area contributed by atoms with Gasteiger partial charge in [-0.15, -0.1) is 0 Å². The Morgan fingerprint density at radius 3 is 2.33 bits per heavy atom. The summed E-state index contributed by atoms with van der Waals surface area (Å²) in [5.41, 5.74) is 6.74. The minimum absolute atomic E-state index is 0.0104. The lowest BCUT2D eigenvalue weighted by Crippen LogP contribution is -2.50. The number of aliphatic hydroxyl groups is 1. The summed E-state index contributed by atoms with van der Waals surface area (Å²) in [6.45, 7) is 0.151. The lowest BCUT2D eigenvalue weighted by Gasteiger charge is -2.23. The van der Waals surface area contributed by atoms with Gasteiger partial charge in [-0.2, -0.15) is 0 Å². The van der Waals surface area contributed by atoms with Crippen molar-refractivity contribution >= 4 is 44.0 Å². The molecule has 0 saturated carbocycles. The first kappa shape index (κ1) is 31.8. The van der Waals surface area contributed by atoms with E-state index in [9.17, 15) is 27.9 Å². The lowest BCUT2D eigenvalue weighted by molar-refractivity contribution is -0.129. The van der Waals surface area contributed by atoms with Gasteiger partial charge in [0.05, 0.1) is 27.1 Å². The minimum atomic E-state index is -3.91. The highest BCUT2D eigenvalue weighted by Crippen LogP contribution is 2.36. The maximum absolute atomic E-state index is 13.5. The Hall–Kier alpha value is -4.58. The monoisotopic (exact) mass is 628 g/mol. The molecule has 0 aromatic heterocycles. The molecule has 4 aromatic carbocycles. The molecular weight excluding hydrogens is 592 g/mol. The number of carbonyl (C=O) groups excluding carboxylic acids is 3. The molecule has 0 aliphatic carbocycles. The molecular formula is C34H36N4O6S. The fourth-order valence-electron chi connectivity index (χ4n) is 5.44. The zero-order valence-corrected chi connectivity index (χ0v) is 25.5. The summed E-state index contributed by atoms with van der Waals surface area (Å²) in [5.74, 6) is -1.20. The van der Waals surface area contributed by atoms with E-state index in [-0.39, 0.29) is 53.7 Å². The first-order valence-electron chi connectivity index (χ1n) is 14.9. The molecule has 0 radical (unpaired) electrons. The van der Waals surface area contributed by atoms with Gasteiger partial charge in [-0.3, -0.25) is 14.4 Å². The highest BCUT2D eigenvalue weighted by Gasteiger charge is 2.35. The Morgan fingerprint density at radius 1 is 0.867 bits per heavy atom. The SMILES string of the molecule is NCC(O)CNC(=O)[C@@H](Cc1ccc2ccccc2c1)NC(=O)CCCCN1C(=O)c2ccccc2S(=O)(=O)c2ccccc21. The summed E-state index contributed by atoms with van der Waals surface area (Å²) in [4.78, 5) is 41.1. The summed E-state index contributed by atoms with van der Waals surface area (Å²) in [7, 11) is -3.91. The average Bonchev–Trinajstić information content (AvgIpc) is 3.12. The summed E-state index contributed by atoms with van der Waals surface area (Å²) in [5, 5.41) is 17.4. The predicted molar refractivity (Wildman–Crippen MR) is 172 cm³/mol. The standard InChI is InChI=1S/C34H36N4O6S/c35-21-26(39)22-36-33(41)28(20-23-16-17-24-9-1-2-10-25(24)19-23)37-32(40)15-7-8-18-38-29-12-4-6-14-31(29)45(43,44)30-13-5-3-11-27(30)34(38)42/h1-6,9-14,16-17,19,26,28,39H,7-8,15,18,20-22,35H2,(H,36,41)(H,37,40)/t26?,28-/m1/s1. The molecule has 5 rings (SSSR count). The molecule has 10 nitrogen and oxygen atoms in total. The summed E-state index contributed by atoms with van der Waals surface area (Å²) in [6.07, 6.45) is 0.238. The summed E-state index contributed by atoms with van der Waals surface area (Å²) >= 11 is 0. The zero-order chi connectivity index (χ0) is 32.0. The maximum atomic E-state index is 13.5. The number of carbonyl (C=O) groups is 3. The third kappa shape index (κ3) is 7.22. The van der Waals surface area contributed by atoms with E-state index in [1.54, 1.807) is 30.3 Å². The minimum Gasteiger partial charge on any atom is -0.390 e. The third-order valence-corrected chi connectivity index (χ3v) is 9.68. The highest BCUT2D eigenvalue weighted by molar-refractivity contribution is 7.91. The topological polar surface area (TPSA) is 159 Å². The second kappa shape index (κ2) is 14.0. The number of hydrogen-bond donors (Lipinski definition) is 4. The van der Waals surface area contributed by atoms with Crippen LogP contribution in [0.15, 0.2) is 101 Å². The van der Waals surface area contributed by atoms with Crippen molar-refractivity contribution in [2.24, 2.45) is 5.73 Å². The van der Waals surface area contributed by atoms with Gasteiger partial charge >= 0.3 is 0 Å². The van der Waals surface area contributed by atoms with Crippen molar-refractivity contribution in [2.45, 2.75) is 47.6 Å². The Balaban J connectivity index is 1.25. The molecule has 0 spiro atoms. The zero-order valence-electron chi connectivity index (χ0n) is 24.7. The van der Waals surface area contributed by atoms with Crippen molar-refractivity contribution in [1.29, 1.82) is 0 Å². The fraction of sp³-hybridized carbons (Fsp3) is 0.265. The number of fused-ring (bicyclic) bond motifs is 3. The highest BCUT2D eigenvalue weighted by atomic mass is 32.2. The van der Waals surface area contributed by atoms with E-state index in [1.807, 2.05) is 42.5 Å². The van der Waals surface area contributed by atoms with Crippen molar-refractivity contribution in [3.05, 3.63) is 102 Å². The molecule has 0 saturated heterocycles. The largest absolute Gasteiger partial charge is 0.390 e. The van der Waals surface area contributed by atoms with Crippen LogP contribution in [0.1, 0.15) is 35.2 Å². The van der Waals surface area contributed by atoms with E-state index in [4.69, 9.17) is 5.73 Å². The number of nitrogens with two attached hydrogens (primary N) is 1. The lowest BCUT2D eigenvalue weighted by atomic mass is 10.0. The van der Waals surface area contributed by atoms with Crippen LogP contribution < -0.4 is 21.3 Å². The van der Waals surface area contributed by atoms with Gasteiger partial charge in [-0.25, -0.2) is 8.42 Å². The number of para-hydroxylation sites is 1. The second-order valence-corrected chi connectivity index (χ2v) is 12.9. The first-order valence-corrected chi connectivity index (χ1v) is 16.3. The molecule has 1 aliphatic heterocycles. The van der Waals surface area contributed by atoms with Gasteiger partial charge in [0.25, 0.3) is 5.91 Å². The molecule has 3 amide bonds. The molecule has 0 bridgehead atoms. The normalized spacial score (nSPS) is 15.0. The van der Waals surface area contributed by atoms with Crippen LogP contribution in [-0.2, 0) is 25.8 Å². The van der Waals surface area contributed by atoms with Crippen LogP contribution in [0.25, 0.3) is 10.8 Å². The van der Waals surface area contributed by atoms with Crippen LogP contribution in [0.3, 0.4) is 0 Å². The van der Waals surface area contributed by atoms with Crippen LogP contribution in [0.5, 0.6) is 0 Å². The van der Waals surface area contributed by atoms with Crippen molar-refractivity contribution in [2.75, 3.05) is 24.5 Å². The van der Waals surface area contributed by atoms with Gasteiger partial charge in [-0.05, 0) is 53.4 Å². The van der Waals surface area contributed by atoms with Crippen LogP contribution in [0, 0.1) is 0 Å². The van der Waals surface area contributed by atoms with E-state index in [2.05, 4.69) is 10.6 Å². The number of aliphatic hydroxyl groups excluding tert-OH is 1. The smallest absolute Gasteiger partial charge is 0.259 e. The van der Waals surface area contributed by atoms with Crippen molar-refractivity contribution in [3.8, 4) is 0 Å². The molecule has 1 aliphatic rings. The molecule has 1 unspecified atom stereocenters. The van der Waals surface area contributed by atoms with E-state index < -0.39 is 33.8 Å². The quantitative estimate of drug-likeness (QED) is 0.176. The van der Waals surface area contributed by atoms with Gasteiger partial charge in [0, 0.05) is 32.5 Å². The van der Waals surface area contributed by atoms with Crippen molar-refractivity contribution in [1.82, 2.24) is 10.6 Å². The number of rotatable bonds is 12. The number of anilines is 1. The summed E-state index contributed by atoms with van der Waals surface area (Å²) in [6, 6.07) is 25.4. The number of unbranched alkanes of at least 4 members (excludes halogenated alkanes) is 1. The Kier molecular flexibility index (Phi) is 9.92. The molecule has 5 N–H and O–H groups in total. The van der Waals surface area contributed by atoms with E-state index in [1.165, 1.54) is 23.1 Å². The fourth-order valence-corrected chi connectivity index (χ4v) is 7.09. The van der Waals surface area contributed by atoms with Gasteiger partial charge < -0.3 is 26.4 Å². The van der Waals surface area contributed by atoms with Gasteiger partial charge in [0.1, 0.15) is 6.04 Å². The van der Waals surface area contributed by atoms with Crippen LogP contribution in [0.4, 0.5) is 5.69 Å². The Morgan fingerprint density at radius 2 is 1.56 bits per heavy atom. The number of amides is 3. The summed E-state index contributed by atoms with van der Waals surface area (Å²) < 4.78 is 26.8. The number of sulfone groups is 1. The Labute approximate surface area is 262 Å². The van der Waals surface area contributed by atoms with Gasteiger partial charge in [-0.1, -0.05) is 66.7 Å². The molecule has 234 valence electrons. The van der Waals surface area contributed by atoms with E-state index in [0.717, 1.165) is 16.3 Å². The van der Waals surface area contributed by atoms with E-state index in [0.29, 0.717) is 18.5 Å². The molecule has 1 heterocycles. The van der Waals surface area contributed by atoms with Gasteiger partial charge in [0.15, 0.2) is 0 Å². The molecule has 4 aromatic rings. The Bertz CT molecular complexity index is 1830. The predicted octanol–water partition coefficient (Wildman–Crippen LogP) is 2.97. The molecule has 11 heteroatoms. The van der Waals surface area contributed by atoms with Crippen LogP contribution in [-0.4, -0.2) is 63.0 Å². The molecule has 45 heavy (non-hydrogen) atoms. The van der Waals surface area contributed by atoms with Crippen molar-refractivity contribution in [3.63, 3.8) is 0 Å². The van der Waals surface area contributed by atoms with Crippen LogP contribution >= 0.6 is 0 Å². The van der Waals surface area contributed by atoms with Crippen molar-refractivity contribution < 1.29 is 27.9 Å². The maximum Gasteiger partial charge on any atom is 0.259 e.